The number of nitrogens with zero attached hydrogens (tertiary/aromatic N) is 5. The average Bonchev–Trinajstić information content (AvgIpc) is 3.50. The Morgan fingerprint density at radius 3 is 1.91 bits per heavy atom. The molecule has 298 valence electrons. The highest BCUT2D eigenvalue weighted by molar-refractivity contribution is 6.58. The van der Waals surface area contributed by atoms with Gasteiger partial charge in [-0.2, -0.15) is 0 Å². The Morgan fingerprint density at radius 2 is 1.40 bits per heavy atom. The van der Waals surface area contributed by atoms with E-state index >= 15 is 8.78 Å². The van der Waals surface area contributed by atoms with E-state index in [1.54, 1.807) is 0 Å². The van der Waals surface area contributed by atoms with Crippen LogP contribution in [-0.4, -0.2) is 69.5 Å². The van der Waals surface area contributed by atoms with Crippen LogP contribution in [0.15, 0.2) is 42.0 Å². The second-order valence-electron chi connectivity index (χ2n) is 13.9. The van der Waals surface area contributed by atoms with E-state index in [1.165, 1.54) is 39.4 Å². The molecule has 1 saturated carbocycles. The molecule has 2 aliphatic heterocycles. The maximum Gasteiger partial charge on any atom is 0.301 e. The van der Waals surface area contributed by atoms with Crippen LogP contribution in [0.4, 0.5) is 50.4 Å². The first-order valence-electron chi connectivity index (χ1n) is 16.5. The van der Waals surface area contributed by atoms with Crippen molar-refractivity contribution in [2.75, 3.05) is 35.9 Å². The predicted octanol–water partition coefficient (Wildman–Crippen LogP) is 5.75. The molecule has 0 bridgehead atoms. The summed E-state index contributed by atoms with van der Waals surface area (Å²) in [7, 11) is 3.80. The number of hydrogen-bond donors (Lipinski definition) is 1. The second-order valence-corrected chi connectivity index (χ2v) is 15.1. The van der Waals surface area contributed by atoms with Gasteiger partial charge in [-0.3, -0.25) is 39.4 Å². The first-order valence-corrected chi connectivity index (χ1v) is 17.3. The first-order chi connectivity index (χ1) is 26.6. The number of rotatable bonds is 7. The fourth-order valence-electron chi connectivity index (χ4n) is 8.54. The van der Waals surface area contributed by atoms with Crippen molar-refractivity contribution in [2.45, 2.75) is 28.5 Å². The van der Waals surface area contributed by atoms with Crippen molar-refractivity contribution in [3.63, 3.8) is 0 Å². The molecular weight excluding hydrogens is 816 g/mol. The van der Waals surface area contributed by atoms with Gasteiger partial charge in [0.05, 0.1) is 34.5 Å². The molecule has 2 aliphatic carbocycles. The van der Waals surface area contributed by atoms with Crippen LogP contribution in [0.3, 0.4) is 0 Å². The Hall–Kier alpha value is -5.89. The summed E-state index contributed by atoms with van der Waals surface area (Å²) in [5, 5.41) is 35.0. The van der Waals surface area contributed by atoms with Crippen LogP contribution >= 0.6 is 23.2 Å². The van der Waals surface area contributed by atoms with Gasteiger partial charge in [0.2, 0.25) is 17.6 Å². The predicted molar refractivity (Wildman–Crippen MR) is 188 cm³/mol. The van der Waals surface area contributed by atoms with Gasteiger partial charge in [-0.05, 0) is 36.5 Å². The molecule has 0 spiro atoms. The van der Waals surface area contributed by atoms with Crippen molar-refractivity contribution in [2.24, 2.45) is 17.8 Å². The Labute approximate surface area is 326 Å². The fourth-order valence-corrected chi connectivity index (χ4v) is 9.47. The highest BCUT2D eigenvalue weighted by Gasteiger charge is 2.77. The average molecular weight is 840 g/mol. The number of anilines is 3. The lowest BCUT2D eigenvalue weighted by atomic mass is 9.56. The lowest BCUT2D eigenvalue weighted by molar-refractivity contribution is -0.392. The number of nitro benzene ring substituents is 2. The van der Waals surface area contributed by atoms with E-state index < -0.39 is 137 Å². The van der Waals surface area contributed by atoms with Gasteiger partial charge >= 0.3 is 11.4 Å². The van der Waals surface area contributed by atoms with Gasteiger partial charge in [-0.25, -0.2) is 31.8 Å². The fraction of sp³-hybridized carbons (Fsp3) is 0.314. The van der Waals surface area contributed by atoms with Gasteiger partial charge in [0.15, 0.2) is 50.2 Å². The number of methoxy groups -OCH3 is 1. The number of nitro groups is 2. The number of allylic oxidation sites excluding steroid dienone is 2. The quantitative estimate of drug-likeness (QED) is 0.0445. The number of benzene rings is 3. The molecule has 3 aromatic rings. The molecule has 0 radical (unpaired) electrons. The van der Waals surface area contributed by atoms with Gasteiger partial charge in [-0.1, -0.05) is 17.7 Å². The van der Waals surface area contributed by atoms with Crippen molar-refractivity contribution in [1.82, 2.24) is 0 Å². The molecule has 3 fully saturated rings. The number of ether oxygens (including phenoxy) is 1. The summed E-state index contributed by atoms with van der Waals surface area (Å²) in [4.78, 5) is 75.1. The molecule has 6 unspecified atom stereocenters. The van der Waals surface area contributed by atoms with Crippen molar-refractivity contribution in [3.05, 3.63) is 96.9 Å². The number of carbonyl (C=O) groups is 4. The van der Waals surface area contributed by atoms with Gasteiger partial charge in [0, 0.05) is 32.1 Å². The molecule has 7 rings (SSSR count). The SMILES string of the molecule is COc1ccc(C2C3=CCC4C(=O)N(c5cc([N+](=O)[O-])c(N(C)C)c([N+](=O)[O-])c5)C(=O)C4C3CC3(Cl)C(=O)N(c4c(F)c(F)c(F)c(F)c4F)C(=O)C23Cl)cc1O. The van der Waals surface area contributed by atoms with Crippen LogP contribution < -0.4 is 19.4 Å². The normalized spacial score (nSPS) is 26.6. The minimum absolute atomic E-state index is 0.0374. The number of amides is 4. The summed E-state index contributed by atoms with van der Waals surface area (Å²) in [6.45, 7) is 0. The summed E-state index contributed by atoms with van der Waals surface area (Å²) >= 11 is 14.2. The van der Waals surface area contributed by atoms with Crippen LogP contribution in [-0.2, 0) is 19.2 Å². The molecule has 0 aromatic heterocycles. The van der Waals surface area contributed by atoms with Crippen LogP contribution in [0.1, 0.15) is 24.3 Å². The molecule has 6 atom stereocenters. The number of phenolic OH excluding ortho intramolecular Hbond substituents is 1. The standard InChI is InChI=1S/C35H24Cl2F5N5O10/c1-43(2)28-17(46(53)54)9-13(10-18(28)47(55)56)44-30(49)15-6-5-14-16(21(15)31(44)50)11-34(36)32(51)45(29-26(41)24(39)23(38)25(40)27(29)42)33(52)35(34,37)22(14)12-4-7-20(57-3)19(48)8-12/h4-5,7-10,15-16,21-22,48H,6,11H2,1-3H3. The van der Waals surface area contributed by atoms with Crippen LogP contribution in [0.5, 0.6) is 11.5 Å². The van der Waals surface area contributed by atoms with E-state index in [0.29, 0.717) is 4.90 Å². The molecule has 2 saturated heterocycles. The molecule has 22 heteroatoms. The van der Waals surface area contributed by atoms with E-state index in [0.717, 1.165) is 23.1 Å². The van der Waals surface area contributed by atoms with Gasteiger partial charge in [0.25, 0.3) is 11.8 Å². The Kier molecular flexibility index (Phi) is 9.03. The Bertz CT molecular complexity index is 2390. The van der Waals surface area contributed by atoms with Crippen molar-refractivity contribution in [1.29, 1.82) is 0 Å². The van der Waals surface area contributed by atoms with E-state index in [1.807, 2.05) is 0 Å². The molecule has 15 nitrogen and oxygen atoms in total. The van der Waals surface area contributed by atoms with E-state index in [-0.39, 0.29) is 28.2 Å². The topological polar surface area (TPSA) is 194 Å². The number of imide groups is 2. The van der Waals surface area contributed by atoms with Gasteiger partial charge in [0.1, 0.15) is 5.69 Å². The lowest BCUT2D eigenvalue weighted by Gasteiger charge is -2.50. The third kappa shape index (κ3) is 5.15. The van der Waals surface area contributed by atoms with Crippen molar-refractivity contribution < 1.29 is 60.8 Å². The van der Waals surface area contributed by atoms with E-state index in [4.69, 9.17) is 27.9 Å². The minimum atomic E-state index is -2.88. The number of phenols is 1. The zero-order valence-electron chi connectivity index (χ0n) is 29.2. The zero-order valence-corrected chi connectivity index (χ0v) is 30.7. The number of aromatic hydroxyl groups is 1. The van der Waals surface area contributed by atoms with Crippen LogP contribution in [0.25, 0.3) is 0 Å². The number of carbonyl (C=O) groups excluding carboxylic acids is 4. The molecule has 1 N–H and O–H groups in total. The molecule has 2 heterocycles. The summed E-state index contributed by atoms with van der Waals surface area (Å²) in [6, 6.07) is 5.10. The van der Waals surface area contributed by atoms with Gasteiger partial charge in [-0.15, -0.1) is 23.2 Å². The number of hydrogen-bond acceptors (Lipinski definition) is 11. The number of halogens is 7. The largest absolute Gasteiger partial charge is 0.504 e. The molecular formula is C35H24Cl2F5N5O10. The van der Waals surface area contributed by atoms with E-state index in [2.05, 4.69) is 0 Å². The smallest absolute Gasteiger partial charge is 0.301 e. The number of fused-ring (bicyclic) bond motifs is 4. The highest BCUT2D eigenvalue weighted by Crippen LogP contribution is 2.66. The third-order valence-corrected chi connectivity index (χ3v) is 12.3. The monoisotopic (exact) mass is 839 g/mol. The molecule has 4 aliphatic rings. The van der Waals surface area contributed by atoms with Crippen LogP contribution in [0.2, 0.25) is 0 Å². The van der Waals surface area contributed by atoms with Crippen molar-refractivity contribution >= 4 is 75.3 Å². The van der Waals surface area contributed by atoms with E-state index in [9.17, 15) is 57.7 Å². The molecule has 3 aromatic carbocycles. The maximum atomic E-state index is 15.3. The highest BCUT2D eigenvalue weighted by atomic mass is 35.5. The minimum Gasteiger partial charge on any atom is -0.504 e. The third-order valence-electron chi connectivity index (χ3n) is 10.9. The first kappa shape index (κ1) is 39.3. The lowest BCUT2D eigenvalue weighted by Crippen LogP contribution is -2.60. The Morgan fingerprint density at radius 1 is 0.842 bits per heavy atom. The van der Waals surface area contributed by atoms with Crippen molar-refractivity contribution in [3.8, 4) is 11.5 Å². The summed E-state index contributed by atoms with van der Waals surface area (Å²) in [6.07, 6.45) is 0.209. The maximum absolute atomic E-state index is 15.3. The Balaban J connectivity index is 1.42. The number of alkyl halides is 2. The summed E-state index contributed by atoms with van der Waals surface area (Å²) in [5.41, 5.74) is -4.70. The van der Waals surface area contributed by atoms with Gasteiger partial charge < -0.3 is 14.7 Å². The second kappa shape index (κ2) is 13.1. The molecule has 4 amide bonds. The molecule has 57 heavy (non-hydrogen) atoms. The summed E-state index contributed by atoms with van der Waals surface area (Å²) < 4.78 is 78.8. The summed E-state index contributed by atoms with van der Waals surface area (Å²) in [5.74, 6) is -24.9. The van der Waals surface area contributed by atoms with Crippen LogP contribution in [0, 0.1) is 67.1 Å². The zero-order chi connectivity index (χ0) is 42.0.